The summed E-state index contributed by atoms with van der Waals surface area (Å²) in [5, 5.41) is 10.3. The topological polar surface area (TPSA) is 59.3 Å². The van der Waals surface area contributed by atoms with E-state index in [9.17, 15) is 10.1 Å². The van der Waals surface area contributed by atoms with Gasteiger partial charge < -0.3 is 4.90 Å². The molecule has 0 radical (unpaired) electrons. The largest absolute Gasteiger partial charge is 0.356 e. The van der Waals surface area contributed by atoms with E-state index in [1.807, 2.05) is 0 Å². The summed E-state index contributed by atoms with van der Waals surface area (Å²) >= 11 is 0. The first-order valence-electron chi connectivity index (χ1n) is 4.13. The number of rotatable bonds is 2. The molecule has 0 aliphatic carbocycles. The number of aromatic nitrogens is 1. The molecule has 5 nitrogen and oxygen atoms in total. The molecule has 1 saturated heterocycles. The van der Waals surface area contributed by atoms with Gasteiger partial charge in [-0.25, -0.2) is 4.98 Å². The number of hydrogen-bond donors (Lipinski definition) is 0. The van der Waals surface area contributed by atoms with Crippen molar-refractivity contribution in [2.24, 2.45) is 0 Å². The fourth-order valence-electron chi connectivity index (χ4n) is 1.22. The first-order chi connectivity index (χ1) is 6.27. The van der Waals surface area contributed by atoms with E-state index in [2.05, 4.69) is 9.88 Å². The van der Waals surface area contributed by atoms with Crippen LogP contribution in [0.2, 0.25) is 0 Å². The third-order valence-corrected chi connectivity index (χ3v) is 2.12. The summed E-state index contributed by atoms with van der Waals surface area (Å²) in [7, 11) is 0. The molecule has 0 atom stereocenters. The predicted molar refractivity (Wildman–Crippen MR) is 47.7 cm³/mol. The van der Waals surface area contributed by atoms with Crippen LogP contribution in [0.3, 0.4) is 0 Å². The molecule has 1 aromatic heterocycles. The van der Waals surface area contributed by atoms with Gasteiger partial charge in [0.15, 0.2) is 0 Å². The maximum atomic E-state index is 10.3. The highest BCUT2D eigenvalue weighted by molar-refractivity contribution is 5.44. The zero-order valence-electron chi connectivity index (χ0n) is 7.01. The maximum Gasteiger partial charge on any atom is 0.287 e. The van der Waals surface area contributed by atoms with Gasteiger partial charge in [0.1, 0.15) is 12.0 Å². The van der Waals surface area contributed by atoms with Gasteiger partial charge in [-0.05, 0) is 12.5 Å². The van der Waals surface area contributed by atoms with Crippen LogP contribution >= 0.6 is 0 Å². The second kappa shape index (κ2) is 3.01. The predicted octanol–water partition coefficient (Wildman–Crippen LogP) is 1.20. The second-order valence-corrected chi connectivity index (χ2v) is 2.97. The highest BCUT2D eigenvalue weighted by atomic mass is 16.6. The quantitative estimate of drug-likeness (QED) is 0.505. The van der Waals surface area contributed by atoms with Crippen molar-refractivity contribution in [2.45, 2.75) is 6.42 Å². The van der Waals surface area contributed by atoms with Crippen molar-refractivity contribution in [1.82, 2.24) is 4.98 Å². The molecule has 0 N–H and O–H groups in total. The van der Waals surface area contributed by atoms with Crippen molar-refractivity contribution in [3.8, 4) is 0 Å². The minimum atomic E-state index is -0.438. The fraction of sp³-hybridized carbons (Fsp3) is 0.375. The Balaban J connectivity index is 2.17. The van der Waals surface area contributed by atoms with E-state index in [1.54, 1.807) is 6.07 Å². The Morgan fingerprint density at radius 3 is 2.62 bits per heavy atom. The minimum Gasteiger partial charge on any atom is -0.356 e. The maximum absolute atomic E-state index is 10.3. The van der Waals surface area contributed by atoms with E-state index in [0.717, 1.165) is 18.9 Å². The van der Waals surface area contributed by atoms with Crippen molar-refractivity contribution >= 4 is 11.5 Å². The third-order valence-electron chi connectivity index (χ3n) is 2.12. The van der Waals surface area contributed by atoms with Crippen LogP contribution in [-0.2, 0) is 0 Å². The number of anilines is 1. The molecule has 5 heteroatoms. The Labute approximate surface area is 75.2 Å². The summed E-state index contributed by atoms with van der Waals surface area (Å²) in [4.78, 5) is 16.0. The van der Waals surface area contributed by atoms with E-state index < -0.39 is 4.92 Å². The first-order valence-corrected chi connectivity index (χ1v) is 4.13. The Hall–Kier alpha value is -1.65. The van der Waals surface area contributed by atoms with Crippen molar-refractivity contribution < 1.29 is 4.92 Å². The summed E-state index contributed by atoms with van der Waals surface area (Å²) in [5.74, 6) is 0.830. The fourth-order valence-corrected chi connectivity index (χ4v) is 1.22. The van der Waals surface area contributed by atoms with Gasteiger partial charge >= 0.3 is 0 Å². The van der Waals surface area contributed by atoms with Crippen LogP contribution < -0.4 is 4.90 Å². The molecule has 0 unspecified atom stereocenters. The third kappa shape index (κ3) is 1.44. The van der Waals surface area contributed by atoms with Crippen LogP contribution in [0.5, 0.6) is 0 Å². The molecule has 1 aliphatic rings. The van der Waals surface area contributed by atoms with Crippen LogP contribution in [0.25, 0.3) is 0 Å². The number of hydrogen-bond acceptors (Lipinski definition) is 4. The van der Waals surface area contributed by atoms with E-state index >= 15 is 0 Å². The normalized spacial score (nSPS) is 15.2. The molecule has 2 heterocycles. The van der Waals surface area contributed by atoms with Gasteiger partial charge in [0.2, 0.25) is 0 Å². The highest BCUT2D eigenvalue weighted by Crippen LogP contribution is 2.19. The Morgan fingerprint density at radius 1 is 1.46 bits per heavy atom. The average molecular weight is 179 g/mol. The Bertz CT molecular complexity index is 319. The summed E-state index contributed by atoms with van der Waals surface area (Å²) < 4.78 is 0. The van der Waals surface area contributed by atoms with Crippen LogP contribution in [0.15, 0.2) is 18.3 Å². The molecule has 0 aromatic carbocycles. The lowest BCUT2D eigenvalue weighted by Gasteiger charge is -2.31. The second-order valence-electron chi connectivity index (χ2n) is 2.97. The number of pyridine rings is 1. The van der Waals surface area contributed by atoms with Crippen LogP contribution in [0, 0.1) is 10.1 Å². The number of nitro groups is 1. The standard InChI is InChI=1S/C8H9N3O2/c12-11(13)7-2-3-8(9-6-7)10-4-1-5-10/h2-3,6H,1,4-5H2. The monoisotopic (exact) mass is 179 g/mol. The molecule has 0 amide bonds. The first kappa shape index (κ1) is 7.97. The SMILES string of the molecule is O=[N+]([O-])c1ccc(N2CCC2)nc1. The van der Waals surface area contributed by atoms with Gasteiger partial charge in [-0.2, -0.15) is 0 Å². The van der Waals surface area contributed by atoms with Crippen LogP contribution in [0.4, 0.5) is 11.5 Å². The molecule has 13 heavy (non-hydrogen) atoms. The van der Waals surface area contributed by atoms with Crippen molar-refractivity contribution in [3.05, 3.63) is 28.4 Å². The van der Waals surface area contributed by atoms with Gasteiger partial charge in [-0.15, -0.1) is 0 Å². The van der Waals surface area contributed by atoms with E-state index in [1.165, 1.54) is 18.7 Å². The molecule has 0 saturated carbocycles. The Kier molecular flexibility index (Phi) is 1.84. The molecule has 2 rings (SSSR count). The molecule has 1 aliphatic heterocycles. The highest BCUT2D eigenvalue weighted by Gasteiger charge is 2.16. The van der Waals surface area contributed by atoms with Gasteiger partial charge in [-0.1, -0.05) is 0 Å². The smallest absolute Gasteiger partial charge is 0.287 e. The van der Waals surface area contributed by atoms with Crippen LogP contribution in [0.1, 0.15) is 6.42 Å². The van der Waals surface area contributed by atoms with Crippen molar-refractivity contribution in [2.75, 3.05) is 18.0 Å². The van der Waals surface area contributed by atoms with Crippen LogP contribution in [-0.4, -0.2) is 23.0 Å². The molecular formula is C8H9N3O2. The van der Waals surface area contributed by atoms with E-state index in [0.29, 0.717) is 0 Å². The molecule has 68 valence electrons. The minimum absolute atomic E-state index is 0.0456. The summed E-state index contributed by atoms with van der Waals surface area (Å²) in [6.07, 6.45) is 2.48. The molecule has 0 spiro atoms. The van der Waals surface area contributed by atoms with Crippen molar-refractivity contribution in [3.63, 3.8) is 0 Å². The molecule has 0 bridgehead atoms. The lowest BCUT2D eigenvalue weighted by atomic mass is 10.2. The summed E-state index contributed by atoms with van der Waals surface area (Å²) in [6.45, 7) is 2.01. The van der Waals surface area contributed by atoms with E-state index in [-0.39, 0.29) is 5.69 Å². The molecule has 1 aromatic rings. The Morgan fingerprint density at radius 2 is 2.23 bits per heavy atom. The van der Waals surface area contributed by atoms with Gasteiger partial charge in [0, 0.05) is 19.2 Å². The zero-order chi connectivity index (χ0) is 9.26. The summed E-state index contributed by atoms with van der Waals surface area (Å²) in [5.41, 5.74) is 0.0456. The lowest BCUT2D eigenvalue weighted by Crippen LogP contribution is -2.37. The lowest BCUT2D eigenvalue weighted by molar-refractivity contribution is -0.385. The number of nitrogens with zero attached hydrogens (tertiary/aromatic N) is 3. The molecular weight excluding hydrogens is 170 g/mol. The summed E-state index contributed by atoms with van der Waals surface area (Å²) in [6, 6.07) is 3.18. The average Bonchev–Trinajstić information content (AvgIpc) is 2.02. The van der Waals surface area contributed by atoms with Gasteiger partial charge in [0.25, 0.3) is 5.69 Å². The molecule has 1 fully saturated rings. The van der Waals surface area contributed by atoms with Gasteiger partial charge in [0.05, 0.1) is 4.92 Å². The zero-order valence-corrected chi connectivity index (χ0v) is 7.01. The van der Waals surface area contributed by atoms with E-state index in [4.69, 9.17) is 0 Å². The van der Waals surface area contributed by atoms with Crippen molar-refractivity contribution in [1.29, 1.82) is 0 Å². The van der Waals surface area contributed by atoms with Gasteiger partial charge in [-0.3, -0.25) is 10.1 Å².